The fourth-order valence-corrected chi connectivity index (χ4v) is 4.87. The van der Waals surface area contributed by atoms with E-state index >= 15 is 0 Å². The highest BCUT2D eigenvalue weighted by Gasteiger charge is 2.44. The zero-order chi connectivity index (χ0) is 10.5. The van der Waals surface area contributed by atoms with E-state index in [-0.39, 0.29) is 11.2 Å². The first-order valence-electron chi connectivity index (χ1n) is 5.19. The lowest BCUT2D eigenvalue weighted by atomic mass is 9.88. The highest BCUT2D eigenvalue weighted by atomic mass is 32.2. The summed E-state index contributed by atoms with van der Waals surface area (Å²) in [6, 6.07) is 7.43. The average molecular weight is 220 g/mol. The molecule has 78 valence electrons. The van der Waals surface area contributed by atoms with Crippen molar-refractivity contribution in [3.8, 4) is 0 Å². The molecule has 0 amide bonds. The Morgan fingerprint density at radius 1 is 1.07 bits per heavy atom. The van der Waals surface area contributed by atoms with Crippen LogP contribution in [0.5, 0.6) is 0 Å². The SMILES string of the molecule is O=S1(=O)c2ccccc2C2CC=CCC21. The Hall–Kier alpha value is -1.09. The van der Waals surface area contributed by atoms with Gasteiger partial charge in [-0.2, -0.15) is 0 Å². The third-order valence-corrected chi connectivity index (χ3v) is 5.70. The maximum atomic E-state index is 12.2. The van der Waals surface area contributed by atoms with Crippen molar-refractivity contribution < 1.29 is 8.42 Å². The molecule has 1 aliphatic heterocycles. The number of sulfone groups is 1. The molecule has 2 unspecified atom stereocenters. The molecule has 0 aromatic heterocycles. The molecule has 0 bridgehead atoms. The molecule has 3 heteroatoms. The van der Waals surface area contributed by atoms with Crippen LogP contribution in [-0.2, 0) is 9.84 Å². The Kier molecular flexibility index (Phi) is 1.80. The summed E-state index contributed by atoms with van der Waals surface area (Å²) in [4.78, 5) is 0.559. The van der Waals surface area contributed by atoms with E-state index in [1.54, 1.807) is 12.1 Å². The minimum Gasteiger partial charge on any atom is -0.223 e. The van der Waals surface area contributed by atoms with Crippen LogP contribution in [0.15, 0.2) is 41.3 Å². The average Bonchev–Trinajstić information content (AvgIpc) is 2.51. The number of allylic oxidation sites excluding steroid dienone is 2. The molecule has 15 heavy (non-hydrogen) atoms. The molecule has 1 aromatic carbocycles. The fraction of sp³-hybridized carbons (Fsp3) is 0.333. The summed E-state index contributed by atoms with van der Waals surface area (Å²) in [5.41, 5.74) is 1.02. The molecule has 1 heterocycles. The zero-order valence-corrected chi connectivity index (χ0v) is 9.07. The Labute approximate surface area is 89.5 Å². The van der Waals surface area contributed by atoms with E-state index in [4.69, 9.17) is 0 Å². The highest BCUT2D eigenvalue weighted by Crippen LogP contribution is 2.45. The van der Waals surface area contributed by atoms with Gasteiger partial charge in [0.15, 0.2) is 9.84 Å². The minimum atomic E-state index is -3.06. The van der Waals surface area contributed by atoms with Gasteiger partial charge in [0.2, 0.25) is 0 Å². The molecule has 0 saturated heterocycles. The number of rotatable bonds is 0. The predicted octanol–water partition coefficient (Wildman–Crippen LogP) is 2.28. The van der Waals surface area contributed by atoms with Crippen LogP contribution in [0.4, 0.5) is 0 Å². The molecule has 1 aliphatic carbocycles. The summed E-state index contributed by atoms with van der Waals surface area (Å²) in [7, 11) is -3.06. The molecule has 0 fully saturated rings. The lowest BCUT2D eigenvalue weighted by molar-refractivity contribution is 0.563. The van der Waals surface area contributed by atoms with Crippen LogP contribution < -0.4 is 0 Å². The van der Waals surface area contributed by atoms with E-state index in [0.29, 0.717) is 11.3 Å². The normalized spacial score (nSPS) is 30.9. The summed E-state index contributed by atoms with van der Waals surface area (Å²) >= 11 is 0. The summed E-state index contributed by atoms with van der Waals surface area (Å²) in [6.45, 7) is 0. The van der Waals surface area contributed by atoms with Crippen molar-refractivity contribution in [1.29, 1.82) is 0 Å². The molecular weight excluding hydrogens is 208 g/mol. The van der Waals surface area contributed by atoms with Crippen molar-refractivity contribution >= 4 is 9.84 Å². The van der Waals surface area contributed by atoms with Gasteiger partial charge in [0.25, 0.3) is 0 Å². The van der Waals surface area contributed by atoms with Crippen molar-refractivity contribution in [3.63, 3.8) is 0 Å². The van der Waals surface area contributed by atoms with Gasteiger partial charge in [-0.25, -0.2) is 8.42 Å². The standard InChI is InChI=1S/C12H12O2S/c13-15(14)11-7-3-1-5-9(11)10-6-2-4-8-12(10)15/h1-5,7,10,12H,6,8H2. The van der Waals surface area contributed by atoms with Gasteiger partial charge in [-0.05, 0) is 24.5 Å². The third kappa shape index (κ3) is 1.13. The number of benzene rings is 1. The van der Waals surface area contributed by atoms with Crippen LogP contribution in [0.25, 0.3) is 0 Å². The summed E-state index contributed by atoms with van der Waals surface area (Å²) in [5.74, 6) is 0.191. The lowest BCUT2D eigenvalue weighted by Gasteiger charge is -2.19. The van der Waals surface area contributed by atoms with Crippen LogP contribution in [0.3, 0.4) is 0 Å². The second-order valence-electron chi connectivity index (χ2n) is 4.17. The number of hydrogen-bond donors (Lipinski definition) is 0. The molecule has 1 aromatic rings. The molecule has 2 nitrogen and oxygen atoms in total. The molecule has 0 N–H and O–H groups in total. The van der Waals surface area contributed by atoms with Gasteiger partial charge < -0.3 is 0 Å². The second-order valence-corrected chi connectivity index (χ2v) is 6.31. The Balaban J connectivity index is 2.27. The van der Waals surface area contributed by atoms with Crippen molar-refractivity contribution in [1.82, 2.24) is 0 Å². The third-order valence-electron chi connectivity index (χ3n) is 3.40. The van der Waals surface area contributed by atoms with Gasteiger partial charge in [0.05, 0.1) is 10.1 Å². The second kappa shape index (κ2) is 2.95. The van der Waals surface area contributed by atoms with E-state index in [1.807, 2.05) is 18.2 Å². The summed E-state index contributed by atoms with van der Waals surface area (Å²) < 4.78 is 24.4. The van der Waals surface area contributed by atoms with Crippen LogP contribution >= 0.6 is 0 Å². The molecular formula is C12H12O2S. The molecule has 3 rings (SSSR count). The van der Waals surface area contributed by atoms with Gasteiger partial charge in [-0.1, -0.05) is 30.4 Å². The molecule has 0 saturated carbocycles. The van der Waals surface area contributed by atoms with Crippen LogP contribution in [0.2, 0.25) is 0 Å². The van der Waals surface area contributed by atoms with Crippen molar-refractivity contribution in [2.45, 2.75) is 28.9 Å². The van der Waals surface area contributed by atoms with Crippen LogP contribution in [0, 0.1) is 0 Å². The van der Waals surface area contributed by atoms with E-state index in [9.17, 15) is 8.42 Å². The highest BCUT2D eigenvalue weighted by molar-refractivity contribution is 7.92. The zero-order valence-electron chi connectivity index (χ0n) is 8.26. The van der Waals surface area contributed by atoms with Gasteiger partial charge >= 0.3 is 0 Å². The fourth-order valence-electron chi connectivity index (χ4n) is 2.67. The van der Waals surface area contributed by atoms with Gasteiger partial charge in [0.1, 0.15) is 0 Å². The van der Waals surface area contributed by atoms with E-state index in [1.165, 1.54) is 0 Å². The summed E-state index contributed by atoms with van der Waals surface area (Å²) in [5, 5.41) is -0.208. The monoisotopic (exact) mass is 220 g/mol. The van der Waals surface area contributed by atoms with E-state index in [0.717, 1.165) is 12.0 Å². The molecule has 0 radical (unpaired) electrons. The Morgan fingerprint density at radius 3 is 2.67 bits per heavy atom. The van der Waals surface area contributed by atoms with Crippen LogP contribution in [-0.4, -0.2) is 13.7 Å². The van der Waals surface area contributed by atoms with Gasteiger partial charge in [0, 0.05) is 5.92 Å². The molecule has 2 aliphatic rings. The number of hydrogen-bond acceptors (Lipinski definition) is 2. The number of fused-ring (bicyclic) bond motifs is 3. The maximum absolute atomic E-state index is 12.2. The smallest absolute Gasteiger partial charge is 0.182 e. The quantitative estimate of drug-likeness (QED) is 0.628. The van der Waals surface area contributed by atoms with Crippen molar-refractivity contribution in [2.24, 2.45) is 0 Å². The topological polar surface area (TPSA) is 34.1 Å². The Morgan fingerprint density at radius 2 is 1.80 bits per heavy atom. The lowest BCUT2D eigenvalue weighted by Crippen LogP contribution is -2.22. The predicted molar refractivity (Wildman–Crippen MR) is 58.5 cm³/mol. The van der Waals surface area contributed by atoms with Crippen molar-refractivity contribution in [3.05, 3.63) is 42.0 Å². The van der Waals surface area contributed by atoms with E-state index in [2.05, 4.69) is 6.08 Å². The summed E-state index contributed by atoms with van der Waals surface area (Å²) in [6.07, 6.45) is 5.62. The largest absolute Gasteiger partial charge is 0.223 e. The first kappa shape index (κ1) is 9.16. The Bertz CT molecular complexity index is 528. The van der Waals surface area contributed by atoms with Crippen LogP contribution in [0.1, 0.15) is 24.3 Å². The van der Waals surface area contributed by atoms with Crippen molar-refractivity contribution in [2.75, 3.05) is 0 Å². The van der Waals surface area contributed by atoms with Gasteiger partial charge in [-0.3, -0.25) is 0 Å². The molecule has 0 spiro atoms. The van der Waals surface area contributed by atoms with Gasteiger partial charge in [-0.15, -0.1) is 0 Å². The maximum Gasteiger partial charge on any atom is 0.182 e. The minimum absolute atomic E-state index is 0.191. The first-order valence-corrected chi connectivity index (χ1v) is 6.74. The first-order chi connectivity index (χ1) is 7.21. The van der Waals surface area contributed by atoms with E-state index < -0.39 is 9.84 Å². The molecule has 2 atom stereocenters.